The smallest absolute Gasteiger partial charge is 0.465 e. The highest BCUT2D eigenvalue weighted by Crippen LogP contribution is 2.30. The van der Waals surface area contributed by atoms with Crippen LogP contribution < -0.4 is 20.7 Å². The van der Waals surface area contributed by atoms with E-state index >= 15 is 0 Å². The van der Waals surface area contributed by atoms with Crippen molar-refractivity contribution in [3.63, 3.8) is 0 Å². The van der Waals surface area contributed by atoms with E-state index in [0.717, 1.165) is 11.0 Å². The van der Waals surface area contributed by atoms with E-state index in [1.54, 1.807) is 0 Å². The van der Waals surface area contributed by atoms with Gasteiger partial charge in [0.1, 0.15) is 6.04 Å². The van der Waals surface area contributed by atoms with Gasteiger partial charge in [-0.05, 0) is 30.3 Å². The molecule has 186 valence electrons. The van der Waals surface area contributed by atoms with Crippen molar-refractivity contribution in [1.29, 1.82) is 0 Å². The standard InChI is InChI=1S/C22H21F3N4O6/c1-34-20(32)13-5-4-6-14(11-13)27-18(30)12-16-19(31)26-9-10-29(16)21(33)28-15-7-2-3-8-17(15)35-22(23,24)25/h2-8,11,16H,9-10,12H2,1H3,(H,26,31)(H,27,30)(H,28,33)/t16-/m0/s1. The topological polar surface area (TPSA) is 126 Å². The number of anilines is 2. The normalized spacial score (nSPS) is 15.6. The zero-order chi connectivity index (χ0) is 25.6. The average molecular weight is 494 g/mol. The molecule has 0 aliphatic carbocycles. The van der Waals surface area contributed by atoms with Gasteiger partial charge in [-0.25, -0.2) is 9.59 Å². The zero-order valence-electron chi connectivity index (χ0n) is 18.3. The third-order valence-electron chi connectivity index (χ3n) is 4.89. The van der Waals surface area contributed by atoms with Crippen molar-refractivity contribution < 1.29 is 41.8 Å². The number of hydrogen-bond acceptors (Lipinski definition) is 6. The molecule has 1 aliphatic rings. The average Bonchev–Trinajstić information content (AvgIpc) is 2.80. The molecule has 1 fully saturated rings. The maximum Gasteiger partial charge on any atom is 0.573 e. The molecule has 1 aliphatic heterocycles. The van der Waals surface area contributed by atoms with E-state index in [1.807, 2.05) is 0 Å². The van der Waals surface area contributed by atoms with E-state index in [2.05, 4.69) is 25.4 Å². The van der Waals surface area contributed by atoms with Gasteiger partial charge < -0.3 is 30.3 Å². The molecule has 2 aromatic carbocycles. The van der Waals surface area contributed by atoms with Gasteiger partial charge in [0.25, 0.3) is 0 Å². The number of nitrogens with one attached hydrogen (secondary N) is 3. The first kappa shape index (κ1) is 25.3. The molecule has 10 nitrogen and oxygen atoms in total. The summed E-state index contributed by atoms with van der Waals surface area (Å²) >= 11 is 0. The number of amides is 4. The summed E-state index contributed by atoms with van der Waals surface area (Å²) in [7, 11) is 1.21. The van der Waals surface area contributed by atoms with Gasteiger partial charge in [-0.3, -0.25) is 9.59 Å². The molecule has 0 radical (unpaired) electrons. The van der Waals surface area contributed by atoms with E-state index in [1.165, 1.54) is 49.6 Å². The van der Waals surface area contributed by atoms with Crippen LogP contribution in [-0.4, -0.2) is 61.3 Å². The highest BCUT2D eigenvalue weighted by molar-refractivity contribution is 6.00. The van der Waals surface area contributed by atoms with Crippen molar-refractivity contribution >= 4 is 35.2 Å². The number of alkyl halides is 3. The van der Waals surface area contributed by atoms with Gasteiger partial charge in [-0.15, -0.1) is 13.2 Å². The molecule has 13 heteroatoms. The molecule has 0 unspecified atom stereocenters. The maximum absolute atomic E-state index is 12.8. The third-order valence-corrected chi connectivity index (χ3v) is 4.89. The quantitative estimate of drug-likeness (QED) is 0.531. The molecule has 3 rings (SSSR count). The predicted molar refractivity (Wildman–Crippen MR) is 117 cm³/mol. The Bertz CT molecular complexity index is 1120. The number of urea groups is 1. The monoisotopic (exact) mass is 494 g/mol. The predicted octanol–water partition coefficient (Wildman–Crippen LogP) is 2.73. The summed E-state index contributed by atoms with van der Waals surface area (Å²) in [4.78, 5) is 50.6. The number of piperazine rings is 1. The first-order valence-electron chi connectivity index (χ1n) is 10.3. The molecule has 0 aromatic heterocycles. The van der Waals surface area contributed by atoms with Crippen LogP contribution in [0.25, 0.3) is 0 Å². The Balaban J connectivity index is 1.72. The third kappa shape index (κ3) is 6.85. The van der Waals surface area contributed by atoms with Crippen LogP contribution in [0.3, 0.4) is 0 Å². The van der Waals surface area contributed by atoms with E-state index in [0.29, 0.717) is 0 Å². The largest absolute Gasteiger partial charge is 0.573 e. The molecular weight excluding hydrogens is 473 g/mol. The fraction of sp³-hybridized carbons (Fsp3) is 0.273. The number of halogens is 3. The molecular formula is C22H21F3N4O6. The van der Waals surface area contributed by atoms with Gasteiger partial charge in [-0.1, -0.05) is 18.2 Å². The molecule has 0 saturated carbocycles. The Kier molecular flexibility index (Phi) is 7.79. The van der Waals surface area contributed by atoms with E-state index in [4.69, 9.17) is 0 Å². The van der Waals surface area contributed by atoms with Gasteiger partial charge >= 0.3 is 18.4 Å². The van der Waals surface area contributed by atoms with Crippen molar-refractivity contribution in [2.24, 2.45) is 0 Å². The minimum absolute atomic E-state index is 0.00956. The number of para-hydroxylation sites is 2. The number of nitrogens with zero attached hydrogens (tertiary/aromatic N) is 1. The van der Waals surface area contributed by atoms with E-state index in [9.17, 15) is 32.3 Å². The summed E-state index contributed by atoms with van der Waals surface area (Å²) in [5.74, 6) is -2.47. The first-order chi connectivity index (χ1) is 16.6. The minimum atomic E-state index is -4.97. The van der Waals surface area contributed by atoms with Crippen LogP contribution in [0.15, 0.2) is 48.5 Å². The van der Waals surface area contributed by atoms with Crippen molar-refractivity contribution in [3.8, 4) is 5.75 Å². The fourth-order valence-corrected chi connectivity index (χ4v) is 3.36. The molecule has 1 atom stereocenters. The van der Waals surface area contributed by atoms with Crippen LogP contribution in [0, 0.1) is 0 Å². The lowest BCUT2D eigenvalue weighted by Crippen LogP contribution is -2.59. The molecule has 1 heterocycles. The van der Waals surface area contributed by atoms with Crippen molar-refractivity contribution in [1.82, 2.24) is 10.2 Å². The minimum Gasteiger partial charge on any atom is -0.465 e. The second kappa shape index (κ2) is 10.8. The second-order valence-corrected chi connectivity index (χ2v) is 7.30. The summed E-state index contributed by atoms with van der Waals surface area (Å²) in [6, 6.07) is 8.73. The van der Waals surface area contributed by atoms with Gasteiger partial charge in [-0.2, -0.15) is 0 Å². The van der Waals surface area contributed by atoms with Crippen molar-refractivity contribution in [3.05, 3.63) is 54.1 Å². The summed E-state index contributed by atoms with van der Waals surface area (Å²) in [5, 5.41) is 7.39. The van der Waals surface area contributed by atoms with Crippen molar-refractivity contribution in [2.75, 3.05) is 30.8 Å². The SMILES string of the molecule is COC(=O)c1cccc(NC(=O)C[C@H]2C(=O)NCCN2C(=O)Nc2ccccc2OC(F)(F)F)c1. The highest BCUT2D eigenvalue weighted by atomic mass is 19.4. The summed E-state index contributed by atoms with van der Waals surface area (Å²) in [6.45, 7) is 0.0991. The van der Waals surface area contributed by atoms with Crippen LogP contribution in [0.4, 0.5) is 29.3 Å². The van der Waals surface area contributed by atoms with E-state index in [-0.39, 0.29) is 30.0 Å². The number of carbonyl (C=O) groups excluding carboxylic acids is 4. The van der Waals surface area contributed by atoms with Crippen LogP contribution in [0.2, 0.25) is 0 Å². The molecule has 0 bridgehead atoms. The lowest BCUT2D eigenvalue weighted by Gasteiger charge is -2.34. The van der Waals surface area contributed by atoms with E-state index < -0.39 is 48.4 Å². The number of esters is 1. The number of methoxy groups -OCH3 is 1. The molecule has 4 amide bonds. The van der Waals surface area contributed by atoms with Crippen molar-refractivity contribution in [2.45, 2.75) is 18.8 Å². The second-order valence-electron chi connectivity index (χ2n) is 7.30. The Hall–Kier alpha value is -4.29. The van der Waals surface area contributed by atoms with Gasteiger partial charge in [0.15, 0.2) is 5.75 Å². The Morgan fingerprint density at radius 2 is 1.86 bits per heavy atom. The number of carbonyl (C=O) groups is 4. The molecule has 35 heavy (non-hydrogen) atoms. The lowest BCUT2D eigenvalue weighted by atomic mass is 10.1. The fourth-order valence-electron chi connectivity index (χ4n) is 3.36. The molecule has 3 N–H and O–H groups in total. The lowest BCUT2D eigenvalue weighted by molar-refractivity contribution is -0.274. The Morgan fingerprint density at radius 1 is 1.11 bits per heavy atom. The van der Waals surface area contributed by atoms with Gasteiger partial charge in [0.2, 0.25) is 11.8 Å². The number of ether oxygens (including phenoxy) is 2. The number of benzene rings is 2. The number of hydrogen-bond donors (Lipinski definition) is 3. The van der Waals surface area contributed by atoms with Gasteiger partial charge in [0, 0.05) is 18.8 Å². The summed E-state index contributed by atoms with van der Waals surface area (Å²) in [6.07, 6.45) is -5.42. The van der Waals surface area contributed by atoms with Crippen LogP contribution in [0.1, 0.15) is 16.8 Å². The molecule has 0 spiro atoms. The first-order valence-corrected chi connectivity index (χ1v) is 10.3. The molecule has 2 aromatic rings. The van der Waals surface area contributed by atoms with Crippen LogP contribution in [-0.2, 0) is 14.3 Å². The molecule has 1 saturated heterocycles. The maximum atomic E-state index is 12.8. The highest BCUT2D eigenvalue weighted by Gasteiger charge is 2.36. The van der Waals surface area contributed by atoms with Gasteiger partial charge in [0.05, 0.1) is 24.8 Å². The Morgan fingerprint density at radius 3 is 2.57 bits per heavy atom. The summed E-state index contributed by atoms with van der Waals surface area (Å²) in [5.41, 5.74) is 0.202. The summed E-state index contributed by atoms with van der Waals surface area (Å²) < 4.78 is 46.6. The zero-order valence-corrected chi connectivity index (χ0v) is 18.3. The Labute approximate surface area is 197 Å². The number of rotatable bonds is 6. The van der Waals surface area contributed by atoms with Crippen LogP contribution >= 0.6 is 0 Å². The van der Waals surface area contributed by atoms with Crippen LogP contribution in [0.5, 0.6) is 5.75 Å².